The van der Waals surface area contributed by atoms with Crippen molar-refractivity contribution < 1.29 is 38.4 Å². The van der Waals surface area contributed by atoms with Crippen LogP contribution >= 0.6 is 0 Å². The number of ketones is 8. The number of aryl methyl sites for hydroxylation is 3. The van der Waals surface area contributed by atoms with Crippen molar-refractivity contribution in [3.8, 4) is 0 Å². The maximum Gasteiger partial charge on any atom is 0.164 e. The van der Waals surface area contributed by atoms with Crippen molar-refractivity contribution in [1.29, 1.82) is 0 Å². The standard InChI is InChI=1S/C57H80O8/c1-6-11-17-30-44-50(60)49(55(65)57(53(44)63,38-22-12-7-2)39-23-13-8-3)47(59)35-33-43-29-24-28-42(40-43)27-20-21-31-45-51(61)48(46(58)34-32-41-25-18-16-19-26-41)54(64)56(52(45)62,36-14-9-4)37-15-10-5/h16,18-19,24-26,28-29,40,44-45,48-49H,6-15,17,20-23,27,30-39H2,1-5H3. The van der Waals surface area contributed by atoms with Crippen LogP contribution in [0.3, 0.4) is 0 Å². The zero-order chi connectivity index (χ0) is 47.4. The van der Waals surface area contributed by atoms with Gasteiger partial charge in [0.05, 0.1) is 22.7 Å². The lowest BCUT2D eigenvalue weighted by molar-refractivity contribution is -0.163. The van der Waals surface area contributed by atoms with Gasteiger partial charge in [-0.25, -0.2) is 0 Å². The van der Waals surface area contributed by atoms with Gasteiger partial charge in [-0.15, -0.1) is 0 Å². The maximum atomic E-state index is 14.5. The second-order valence-electron chi connectivity index (χ2n) is 19.5. The zero-order valence-corrected chi connectivity index (χ0v) is 40.7. The van der Waals surface area contributed by atoms with Crippen LogP contribution in [0.4, 0.5) is 0 Å². The zero-order valence-electron chi connectivity index (χ0n) is 40.7. The van der Waals surface area contributed by atoms with Crippen LogP contribution in [0, 0.1) is 34.5 Å². The second kappa shape index (κ2) is 26.8. The van der Waals surface area contributed by atoms with E-state index in [4.69, 9.17) is 0 Å². The molecule has 2 aromatic carbocycles. The van der Waals surface area contributed by atoms with Gasteiger partial charge in [-0.2, -0.15) is 0 Å². The molecule has 8 nitrogen and oxygen atoms in total. The molecule has 0 amide bonds. The van der Waals surface area contributed by atoms with Crippen molar-refractivity contribution in [1.82, 2.24) is 0 Å². The fraction of sp³-hybridized carbons (Fsp3) is 0.649. The third-order valence-electron chi connectivity index (χ3n) is 14.7. The summed E-state index contributed by atoms with van der Waals surface area (Å²) in [5.74, 6) is -7.96. The van der Waals surface area contributed by atoms with Crippen molar-refractivity contribution in [3.05, 3.63) is 71.3 Å². The fourth-order valence-electron chi connectivity index (χ4n) is 10.8. The molecule has 2 aromatic rings. The molecule has 4 unspecified atom stereocenters. The number of carbonyl (C=O) groups is 8. The Balaban J connectivity index is 1.46. The molecule has 2 aliphatic rings. The van der Waals surface area contributed by atoms with Crippen molar-refractivity contribution in [2.45, 2.75) is 202 Å². The van der Waals surface area contributed by atoms with Crippen LogP contribution in [0.1, 0.15) is 199 Å². The van der Waals surface area contributed by atoms with Crippen molar-refractivity contribution >= 4 is 46.3 Å². The third-order valence-corrected chi connectivity index (χ3v) is 14.7. The predicted octanol–water partition coefficient (Wildman–Crippen LogP) is 12.1. The number of carbonyl (C=O) groups excluding carboxylic acids is 8. The van der Waals surface area contributed by atoms with Crippen molar-refractivity contribution in [2.24, 2.45) is 34.5 Å². The molecular weight excluding hydrogens is 813 g/mol. The minimum absolute atomic E-state index is 0.0230. The molecule has 8 heteroatoms. The minimum atomic E-state index is -1.40. The lowest BCUT2D eigenvalue weighted by Gasteiger charge is -2.41. The Morgan fingerprint density at radius 2 is 0.800 bits per heavy atom. The first kappa shape index (κ1) is 53.4. The molecule has 0 bridgehead atoms. The molecule has 0 N–H and O–H groups in total. The number of Topliss-reactive ketones (excluding diaryl/α,β-unsaturated/α-hetero) is 8. The van der Waals surface area contributed by atoms with Crippen LogP contribution in [-0.2, 0) is 57.6 Å². The van der Waals surface area contributed by atoms with E-state index in [0.717, 1.165) is 68.1 Å². The number of benzene rings is 2. The molecule has 0 radical (unpaired) electrons. The Bertz CT molecular complexity index is 1910. The van der Waals surface area contributed by atoms with E-state index in [1.807, 2.05) is 68.4 Å². The summed E-state index contributed by atoms with van der Waals surface area (Å²) in [5.41, 5.74) is 0.303. The van der Waals surface area contributed by atoms with Crippen LogP contribution in [0.15, 0.2) is 54.6 Å². The molecule has 356 valence electrons. The summed E-state index contributed by atoms with van der Waals surface area (Å²) in [6, 6.07) is 17.5. The van der Waals surface area contributed by atoms with E-state index < -0.39 is 57.6 Å². The molecule has 0 saturated heterocycles. The van der Waals surface area contributed by atoms with Crippen molar-refractivity contribution in [2.75, 3.05) is 0 Å². The van der Waals surface area contributed by atoms with Crippen LogP contribution < -0.4 is 0 Å². The average Bonchev–Trinajstić information content (AvgIpc) is 3.30. The summed E-state index contributed by atoms with van der Waals surface area (Å²) in [4.78, 5) is 114. The molecule has 4 atom stereocenters. The van der Waals surface area contributed by atoms with E-state index in [1.165, 1.54) is 0 Å². The molecule has 0 spiro atoms. The van der Waals surface area contributed by atoms with Crippen LogP contribution in [0.2, 0.25) is 0 Å². The van der Waals surface area contributed by atoms with Gasteiger partial charge in [-0.05, 0) is 80.9 Å². The van der Waals surface area contributed by atoms with E-state index in [1.54, 1.807) is 0 Å². The van der Waals surface area contributed by atoms with Gasteiger partial charge in [0.15, 0.2) is 46.3 Å². The highest BCUT2D eigenvalue weighted by molar-refractivity contribution is 6.34. The largest absolute Gasteiger partial charge is 0.298 e. The highest BCUT2D eigenvalue weighted by atomic mass is 16.2. The molecule has 4 rings (SSSR count). The van der Waals surface area contributed by atoms with Gasteiger partial charge in [0.1, 0.15) is 11.8 Å². The third kappa shape index (κ3) is 13.5. The van der Waals surface area contributed by atoms with Crippen LogP contribution in [0.5, 0.6) is 0 Å². The molecule has 2 aliphatic carbocycles. The smallest absolute Gasteiger partial charge is 0.164 e. The molecule has 0 aromatic heterocycles. The van der Waals surface area contributed by atoms with E-state index in [-0.39, 0.29) is 42.4 Å². The summed E-state index contributed by atoms with van der Waals surface area (Å²) >= 11 is 0. The number of hydrogen-bond donors (Lipinski definition) is 0. The van der Waals surface area contributed by atoms with Crippen LogP contribution in [0.25, 0.3) is 0 Å². The first-order chi connectivity index (χ1) is 31.4. The number of unbranched alkanes of at least 4 members (excludes halogenated alkanes) is 9. The predicted molar refractivity (Wildman–Crippen MR) is 257 cm³/mol. The lowest BCUT2D eigenvalue weighted by atomic mass is 9.57. The Labute approximate surface area is 390 Å². The van der Waals surface area contributed by atoms with Gasteiger partial charge in [0, 0.05) is 12.8 Å². The first-order valence-corrected chi connectivity index (χ1v) is 25.8. The molecule has 2 saturated carbocycles. The topological polar surface area (TPSA) is 137 Å². The highest BCUT2D eigenvalue weighted by Gasteiger charge is 2.60. The second-order valence-corrected chi connectivity index (χ2v) is 19.5. The van der Waals surface area contributed by atoms with E-state index in [9.17, 15) is 38.4 Å². The van der Waals surface area contributed by atoms with E-state index in [0.29, 0.717) is 96.3 Å². The Morgan fingerprint density at radius 3 is 1.26 bits per heavy atom. The van der Waals surface area contributed by atoms with Gasteiger partial charge in [0.2, 0.25) is 0 Å². The summed E-state index contributed by atoms with van der Waals surface area (Å²) < 4.78 is 0. The minimum Gasteiger partial charge on any atom is -0.298 e. The molecule has 65 heavy (non-hydrogen) atoms. The maximum absolute atomic E-state index is 14.5. The molecule has 0 aliphatic heterocycles. The fourth-order valence-corrected chi connectivity index (χ4v) is 10.8. The van der Waals surface area contributed by atoms with Gasteiger partial charge < -0.3 is 0 Å². The average molecular weight is 893 g/mol. The van der Waals surface area contributed by atoms with Gasteiger partial charge >= 0.3 is 0 Å². The molecular formula is C57H80O8. The van der Waals surface area contributed by atoms with E-state index in [2.05, 4.69) is 20.8 Å². The summed E-state index contributed by atoms with van der Waals surface area (Å²) in [5, 5.41) is 0. The summed E-state index contributed by atoms with van der Waals surface area (Å²) in [6.45, 7) is 10.3. The number of rotatable bonds is 31. The van der Waals surface area contributed by atoms with E-state index >= 15 is 0 Å². The first-order valence-electron chi connectivity index (χ1n) is 25.8. The SMILES string of the molecule is CCCCCC1C(=O)C(C(=O)CCc2cccc(CCCCC3C(=O)C(C(=O)CCc4ccccc4)C(=O)C(CCCC)(CCCC)C3=O)c2)C(=O)C(CCCCC)(CCCCC)C1=O. The highest BCUT2D eigenvalue weighted by Crippen LogP contribution is 2.46. The van der Waals surface area contributed by atoms with Crippen molar-refractivity contribution in [3.63, 3.8) is 0 Å². The summed E-state index contributed by atoms with van der Waals surface area (Å²) in [7, 11) is 0. The van der Waals surface area contributed by atoms with Crippen LogP contribution in [-0.4, -0.2) is 46.3 Å². The lowest BCUT2D eigenvalue weighted by Crippen LogP contribution is -2.57. The molecule has 2 fully saturated rings. The monoisotopic (exact) mass is 893 g/mol. The number of hydrogen-bond acceptors (Lipinski definition) is 8. The Kier molecular flexibility index (Phi) is 22.0. The van der Waals surface area contributed by atoms with Gasteiger partial charge in [-0.3, -0.25) is 38.4 Å². The normalized spacial score (nSPS) is 20.7. The quantitative estimate of drug-likeness (QED) is 0.0539. The Hall–Kier alpha value is -4.20. The van der Waals surface area contributed by atoms with Gasteiger partial charge in [0.25, 0.3) is 0 Å². The van der Waals surface area contributed by atoms with Gasteiger partial charge in [-0.1, -0.05) is 179 Å². The summed E-state index contributed by atoms with van der Waals surface area (Å²) in [6.07, 6.45) is 15.5. The molecule has 0 heterocycles. The Morgan fingerprint density at radius 1 is 0.415 bits per heavy atom.